The molecule has 4 N–H and O–H groups in total. The number of phenolic OH excluding ortho intramolecular Hbond substituents is 1. The molecule has 2 amide bonds. The lowest BCUT2D eigenvalue weighted by molar-refractivity contribution is 0.0951. The standard InChI is InChI=1S/C20H23N3O5S/c24-17-4-1-3-15(13-17)20(26)22-12-2-11-21-19(25)14-5-9-18(10-6-14)29(27,28)23-16-7-8-16/h1,3-6,9-10,13,16,23-24H,2,7-8,11-12H2,(H,21,25)(H,22,26). The van der Waals surface area contributed by atoms with Gasteiger partial charge >= 0.3 is 0 Å². The number of hydrogen-bond donors (Lipinski definition) is 4. The van der Waals surface area contributed by atoms with Crippen LogP contribution < -0.4 is 15.4 Å². The van der Waals surface area contributed by atoms with Crippen LogP contribution >= 0.6 is 0 Å². The second kappa shape index (κ2) is 9.06. The summed E-state index contributed by atoms with van der Waals surface area (Å²) in [4.78, 5) is 24.2. The van der Waals surface area contributed by atoms with Gasteiger partial charge in [0.05, 0.1) is 4.90 Å². The number of benzene rings is 2. The maximum atomic E-state index is 12.2. The van der Waals surface area contributed by atoms with Gasteiger partial charge in [0, 0.05) is 30.3 Å². The lowest BCUT2D eigenvalue weighted by Gasteiger charge is -2.08. The fraction of sp³-hybridized carbons (Fsp3) is 0.300. The Kier molecular flexibility index (Phi) is 6.50. The molecule has 0 heterocycles. The van der Waals surface area contributed by atoms with Crippen molar-refractivity contribution >= 4 is 21.8 Å². The molecule has 0 bridgehead atoms. The van der Waals surface area contributed by atoms with E-state index in [1.807, 2.05) is 0 Å². The van der Waals surface area contributed by atoms with E-state index < -0.39 is 10.0 Å². The predicted octanol–water partition coefficient (Wildman–Crippen LogP) is 1.38. The zero-order valence-electron chi connectivity index (χ0n) is 15.7. The predicted molar refractivity (Wildman–Crippen MR) is 107 cm³/mol. The Labute approximate surface area is 169 Å². The van der Waals surface area contributed by atoms with Crippen LogP contribution in [0.4, 0.5) is 0 Å². The van der Waals surface area contributed by atoms with Crippen LogP contribution in [0.3, 0.4) is 0 Å². The monoisotopic (exact) mass is 417 g/mol. The van der Waals surface area contributed by atoms with E-state index in [1.54, 1.807) is 12.1 Å². The van der Waals surface area contributed by atoms with Gasteiger partial charge in [-0.05, 0) is 61.7 Å². The Morgan fingerprint density at radius 3 is 2.14 bits per heavy atom. The van der Waals surface area contributed by atoms with E-state index >= 15 is 0 Å². The second-order valence-corrected chi connectivity index (χ2v) is 8.55. The van der Waals surface area contributed by atoms with Gasteiger partial charge in [0.25, 0.3) is 11.8 Å². The van der Waals surface area contributed by atoms with Crippen LogP contribution in [0.25, 0.3) is 0 Å². The van der Waals surface area contributed by atoms with Gasteiger partial charge in [0.2, 0.25) is 10.0 Å². The summed E-state index contributed by atoms with van der Waals surface area (Å²) in [6.07, 6.45) is 2.23. The molecular weight excluding hydrogens is 394 g/mol. The molecule has 0 unspecified atom stereocenters. The van der Waals surface area contributed by atoms with Crippen molar-refractivity contribution in [2.24, 2.45) is 0 Å². The number of aromatic hydroxyl groups is 1. The SMILES string of the molecule is O=C(NCCCNC(=O)c1cccc(O)c1)c1ccc(S(=O)(=O)NC2CC2)cc1. The first kappa shape index (κ1) is 20.8. The molecule has 2 aromatic carbocycles. The number of phenols is 1. The summed E-state index contributed by atoms with van der Waals surface area (Å²) in [7, 11) is -3.54. The molecule has 1 aliphatic rings. The fourth-order valence-corrected chi connectivity index (χ4v) is 3.92. The largest absolute Gasteiger partial charge is 0.508 e. The van der Waals surface area contributed by atoms with Crippen molar-refractivity contribution in [1.82, 2.24) is 15.4 Å². The van der Waals surface area contributed by atoms with E-state index in [9.17, 15) is 23.1 Å². The quantitative estimate of drug-likeness (QED) is 0.459. The summed E-state index contributed by atoms with van der Waals surface area (Å²) in [6.45, 7) is 0.710. The maximum absolute atomic E-state index is 12.2. The summed E-state index contributed by atoms with van der Waals surface area (Å²) in [5.74, 6) is -0.598. The molecule has 1 aliphatic carbocycles. The molecule has 29 heavy (non-hydrogen) atoms. The highest BCUT2D eigenvalue weighted by Crippen LogP contribution is 2.22. The third-order valence-electron chi connectivity index (χ3n) is 4.36. The molecule has 2 aromatic rings. The molecule has 8 nitrogen and oxygen atoms in total. The first-order chi connectivity index (χ1) is 13.8. The molecule has 9 heteroatoms. The number of carbonyl (C=O) groups excluding carboxylic acids is 2. The summed E-state index contributed by atoms with van der Waals surface area (Å²) < 4.78 is 26.8. The Bertz CT molecular complexity index is 985. The zero-order valence-corrected chi connectivity index (χ0v) is 16.5. The van der Waals surface area contributed by atoms with Gasteiger partial charge in [-0.3, -0.25) is 9.59 Å². The Morgan fingerprint density at radius 1 is 0.931 bits per heavy atom. The number of rotatable bonds is 9. The molecule has 0 atom stereocenters. The molecule has 0 spiro atoms. The first-order valence-corrected chi connectivity index (χ1v) is 10.8. The van der Waals surface area contributed by atoms with Crippen LogP contribution in [0, 0.1) is 0 Å². The minimum Gasteiger partial charge on any atom is -0.508 e. The average Bonchev–Trinajstić information content (AvgIpc) is 3.51. The van der Waals surface area contributed by atoms with Crippen molar-refractivity contribution in [3.63, 3.8) is 0 Å². The third kappa shape index (κ3) is 6.03. The summed E-state index contributed by atoms with van der Waals surface area (Å²) in [5, 5.41) is 14.8. The smallest absolute Gasteiger partial charge is 0.251 e. The Morgan fingerprint density at radius 2 is 1.55 bits per heavy atom. The normalized spacial score (nSPS) is 13.7. The molecule has 0 saturated heterocycles. The molecule has 0 aliphatic heterocycles. The molecule has 0 aromatic heterocycles. The number of sulfonamides is 1. The highest BCUT2D eigenvalue weighted by atomic mass is 32.2. The number of nitrogens with one attached hydrogen (secondary N) is 3. The van der Waals surface area contributed by atoms with E-state index in [0.717, 1.165) is 12.8 Å². The minimum absolute atomic E-state index is 0.0204. The van der Waals surface area contributed by atoms with Crippen LogP contribution in [0.2, 0.25) is 0 Å². The van der Waals surface area contributed by atoms with Crippen LogP contribution in [0.15, 0.2) is 53.4 Å². The van der Waals surface area contributed by atoms with Crippen molar-refractivity contribution in [2.45, 2.75) is 30.2 Å². The van der Waals surface area contributed by atoms with Gasteiger partial charge in [-0.1, -0.05) is 6.07 Å². The first-order valence-electron chi connectivity index (χ1n) is 9.33. The van der Waals surface area contributed by atoms with Crippen molar-refractivity contribution < 1.29 is 23.1 Å². The molecule has 154 valence electrons. The van der Waals surface area contributed by atoms with Crippen molar-refractivity contribution in [3.05, 3.63) is 59.7 Å². The van der Waals surface area contributed by atoms with E-state index in [2.05, 4.69) is 15.4 Å². The van der Waals surface area contributed by atoms with Crippen molar-refractivity contribution in [2.75, 3.05) is 13.1 Å². The number of amides is 2. The lowest BCUT2D eigenvalue weighted by atomic mass is 10.2. The van der Waals surface area contributed by atoms with Gasteiger partial charge < -0.3 is 15.7 Å². The van der Waals surface area contributed by atoms with Gasteiger partial charge in [0.1, 0.15) is 5.75 Å². The zero-order chi connectivity index (χ0) is 20.9. The van der Waals surface area contributed by atoms with Crippen LogP contribution in [-0.2, 0) is 10.0 Å². The number of hydrogen-bond acceptors (Lipinski definition) is 5. The van der Waals surface area contributed by atoms with Gasteiger partial charge in [0.15, 0.2) is 0 Å². The highest BCUT2D eigenvalue weighted by molar-refractivity contribution is 7.89. The van der Waals surface area contributed by atoms with Crippen LogP contribution in [0.1, 0.15) is 40.0 Å². The van der Waals surface area contributed by atoms with Gasteiger partial charge in [-0.2, -0.15) is 0 Å². The summed E-state index contributed by atoms with van der Waals surface area (Å²) in [5.41, 5.74) is 0.722. The Balaban J connectivity index is 1.40. The Hall–Kier alpha value is -2.91. The molecular formula is C20H23N3O5S. The summed E-state index contributed by atoms with van der Waals surface area (Å²) >= 11 is 0. The van der Waals surface area contributed by atoms with E-state index in [-0.39, 0.29) is 28.5 Å². The maximum Gasteiger partial charge on any atom is 0.251 e. The van der Waals surface area contributed by atoms with Crippen molar-refractivity contribution in [1.29, 1.82) is 0 Å². The second-order valence-electron chi connectivity index (χ2n) is 6.84. The molecule has 3 rings (SSSR count). The van der Waals surface area contributed by atoms with Crippen LogP contribution in [-0.4, -0.2) is 44.5 Å². The molecule has 0 radical (unpaired) electrons. The average molecular weight is 417 g/mol. The van der Waals surface area contributed by atoms with E-state index in [0.29, 0.717) is 30.6 Å². The molecule has 1 fully saturated rings. The van der Waals surface area contributed by atoms with E-state index in [4.69, 9.17) is 0 Å². The number of carbonyl (C=O) groups is 2. The summed E-state index contributed by atoms with van der Waals surface area (Å²) in [6, 6.07) is 11.8. The highest BCUT2D eigenvalue weighted by Gasteiger charge is 2.27. The van der Waals surface area contributed by atoms with E-state index in [1.165, 1.54) is 36.4 Å². The fourth-order valence-electron chi connectivity index (χ4n) is 2.62. The third-order valence-corrected chi connectivity index (χ3v) is 5.90. The topological polar surface area (TPSA) is 125 Å². The minimum atomic E-state index is -3.54. The van der Waals surface area contributed by atoms with Gasteiger partial charge in [-0.25, -0.2) is 13.1 Å². The lowest BCUT2D eigenvalue weighted by Crippen LogP contribution is -2.30. The van der Waals surface area contributed by atoms with Crippen LogP contribution in [0.5, 0.6) is 5.75 Å². The van der Waals surface area contributed by atoms with Gasteiger partial charge in [-0.15, -0.1) is 0 Å². The molecule has 1 saturated carbocycles. The van der Waals surface area contributed by atoms with Crippen molar-refractivity contribution in [3.8, 4) is 5.75 Å².